The molecule has 3 aromatic carbocycles. The van der Waals surface area contributed by atoms with E-state index in [1.165, 1.54) is 11.3 Å². The molecule has 2 N–H and O–H groups in total. The van der Waals surface area contributed by atoms with E-state index in [4.69, 9.17) is 40.2 Å². The maximum atomic E-state index is 12.9. The molecule has 0 spiro atoms. The quantitative estimate of drug-likeness (QED) is 0.233. The summed E-state index contributed by atoms with van der Waals surface area (Å²) < 4.78 is 6.32. The second kappa shape index (κ2) is 10.0. The molecule has 0 atom stereocenters. The molecule has 2 aromatic heterocycles. The number of carbonyl (C=O) groups excluding carboxylic acids is 1. The van der Waals surface area contributed by atoms with Crippen LogP contribution in [0.25, 0.3) is 26.8 Å². The van der Waals surface area contributed by atoms with Gasteiger partial charge in [-0.1, -0.05) is 29.3 Å². The molecular weight excluding hydrogens is 537 g/mol. The van der Waals surface area contributed by atoms with Gasteiger partial charge in [-0.15, -0.1) is 21.5 Å². The Morgan fingerprint density at radius 1 is 1.08 bits per heavy atom. The number of rotatable bonds is 5. The third-order valence-corrected chi connectivity index (χ3v) is 7.47. The van der Waals surface area contributed by atoms with Gasteiger partial charge in [-0.2, -0.15) is 4.80 Å². The summed E-state index contributed by atoms with van der Waals surface area (Å²) in [7, 11) is 0. The SMILES string of the molecule is CCOc1ccc(-n2nc3cc(C)c(NC(=S)NC(=O)c4sc5cc(Cl)ccc5c4Cl)cc3n2)cc1. The number of thiophene rings is 1. The Bertz CT molecular complexity index is 1630. The van der Waals surface area contributed by atoms with Gasteiger partial charge in [-0.05, 0) is 80.2 Å². The number of carbonyl (C=O) groups is 1. The Labute approximate surface area is 226 Å². The number of ether oxygens (including phenoxy) is 1. The van der Waals surface area contributed by atoms with E-state index in [0.717, 1.165) is 32.6 Å². The Kier molecular flexibility index (Phi) is 6.81. The molecule has 2 heterocycles. The minimum atomic E-state index is -0.394. The van der Waals surface area contributed by atoms with Crippen LogP contribution < -0.4 is 15.4 Å². The number of hydrogen-bond acceptors (Lipinski definition) is 6. The first-order valence-electron chi connectivity index (χ1n) is 10.9. The van der Waals surface area contributed by atoms with Crippen LogP contribution in [0, 0.1) is 6.92 Å². The van der Waals surface area contributed by atoms with Crippen LogP contribution in [0.2, 0.25) is 10.0 Å². The van der Waals surface area contributed by atoms with Crippen molar-refractivity contribution in [3.63, 3.8) is 0 Å². The molecular formula is C25H19Cl2N5O2S2. The number of halogens is 2. The fourth-order valence-corrected chi connectivity index (χ4v) is 5.55. The molecule has 1 amide bonds. The molecule has 0 aliphatic heterocycles. The first-order valence-corrected chi connectivity index (χ1v) is 12.9. The molecule has 5 rings (SSSR count). The predicted octanol–water partition coefficient (Wildman–Crippen LogP) is 6.78. The van der Waals surface area contributed by atoms with Crippen molar-refractivity contribution in [3.8, 4) is 11.4 Å². The normalized spacial score (nSPS) is 11.1. The number of thiocarbonyl (C=S) groups is 1. The molecule has 5 aromatic rings. The summed E-state index contributed by atoms with van der Waals surface area (Å²) in [5.74, 6) is 0.395. The van der Waals surface area contributed by atoms with Crippen molar-refractivity contribution in [3.05, 3.63) is 75.1 Å². The van der Waals surface area contributed by atoms with Gasteiger partial charge in [-0.3, -0.25) is 10.1 Å². The van der Waals surface area contributed by atoms with Gasteiger partial charge in [0.25, 0.3) is 5.91 Å². The molecule has 0 bridgehead atoms. The molecule has 0 fully saturated rings. The average molecular weight is 557 g/mol. The summed E-state index contributed by atoms with van der Waals surface area (Å²) in [5, 5.41) is 16.8. The summed E-state index contributed by atoms with van der Waals surface area (Å²) in [6.45, 7) is 4.47. The van der Waals surface area contributed by atoms with E-state index in [9.17, 15) is 4.79 Å². The second-order valence-electron chi connectivity index (χ2n) is 7.87. The van der Waals surface area contributed by atoms with Crippen molar-refractivity contribution in [2.75, 3.05) is 11.9 Å². The zero-order valence-electron chi connectivity index (χ0n) is 19.1. The highest BCUT2D eigenvalue weighted by molar-refractivity contribution is 7.80. The maximum absolute atomic E-state index is 12.9. The number of nitrogens with one attached hydrogen (secondary N) is 2. The lowest BCUT2D eigenvalue weighted by molar-refractivity contribution is 0.0982. The molecule has 182 valence electrons. The van der Waals surface area contributed by atoms with Crippen LogP contribution in [0.4, 0.5) is 5.69 Å². The number of hydrogen-bond donors (Lipinski definition) is 2. The van der Waals surface area contributed by atoms with E-state index < -0.39 is 5.91 Å². The van der Waals surface area contributed by atoms with Gasteiger partial charge in [-0.25, -0.2) is 0 Å². The Morgan fingerprint density at radius 3 is 2.53 bits per heavy atom. The van der Waals surface area contributed by atoms with Crippen LogP contribution >= 0.6 is 46.8 Å². The number of fused-ring (bicyclic) bond motifs is 2. The summed E-state index contributed by atoms with van der Waals surface area (Å²) in [5.41, 5.74) is 3.83. The van der Waals surface area contributed by atoms with Crippen molar-refractivity contribution in [1.82, 2.24) is 20.3 Å². The number of nitrogens with zero attached hydrogens (tertiary/aromatic N) is 3. The number of amides is 1. The average Bonchev–Trinajstić information content (AvgIpc) is 3.40. The molecule has 0 radical (unpaired) electrons. The number of aromatic nitrogens is 3. The molecule has 0 saturated heterocycles. The fourth-order valence-electron chi connectivity index (χ4n) is 3.66. The molecule has 0 saturated carbocycles. The highest BCUT2D eigenvalue weighted by Crippen LogP contribution is 2.36. The van der Waals surface area contributed by atoms with E-state index in [1.54, 1.807) is 23.0 Å². The molecule has 0 unspecified atom stereocenters. The lowest BCUT2D eigenvalue weighted by atomic mass is 10.2. The smallest absolute Gasteiger partial charge is 0.269 e. The third kappa shape index (κ3) is 4.87. The van der Waals surface area contributed by atoms with Crippen LogP contribution in [0.5, 0.6) is 5.75 Å². The lowest BCUT2D eigenvalue weighted by Gasteiger charge is -2.11. The molecule has 11 heteroatoms. The summed E-state index contributed by atoms with van der Waals surface area (Å²) >= 11 is 19.2. The lowest BCUT2D eigenvalue weighted by Crippen LogP contribution is -2.34. The first kappa shape index (κ1) is 24.5. The minimum absolute atomic E-state index is 0.146. The topological polar surface area (TPSA) is 81.1 Å². The maximum Gasteiger partial charge on any atom is 0.269 e. The first-order chi connectivity index (χ1) is 17.3. The van der Waals surface area contributed by atoms with Gasteiger partial charge in [0.05, 0.1) is 17.3 Å². The summed E-state index contributed by atoms with van der Waals surface area (Å²) in [6.07, 6.45) is 0. The largest absolute Gasteiger partial charge is 0.494 e. The number of anilines is 1. The van der Waals surface area contributed by atoms with Crippen molar-refractivity contribution >= 4 is 84.6 Å². The minimum Gasteiger partial charge on any atom is -0.494 e. The van der Waals surface area contributed by atoms with Crippen molar-refractivity contribution < 1.29 is 9.53 Å². The highest BCUT2D eigenvalue weighted by Gasteiger charge is 2.19. The number of benzene rings is 3. The van der Waals surface area contributed by atoms with Gasteiger partial charge in [0, 0.05) is 20.8 Å². The van der Waals surface area contributed by atoms with Gasteiger partial charge in [0.15, 0.2) is 5.11 Å². The molecule has 0 aliphatic rings. The molecule has 0 aliphatic carbocycles. The summed E-state index contributed by atoms with van der Waals surface area (Å²) in [4.78, 5) is 14.8. The van der Waals surface area contributed by atoms with E-state index in [-0.39, 0.29) is 5.11 Å². The van der Waals surface area contributed by atoms with Crippen LogP contribution in [0.1, 0.15) is 22.2 Å². The monoisotopic (exact) mass is 555 g/mol. The zero-order chi connectivity index (χ0) is 25.4. The van der Waals surface area contributed by atoms with E-state index in [2.05, 4.69) is 20.8 Å². The van der Waals surface area contributed by atoms with Crippen LogP contribution in [0.3, 0.4) is 0 Å². The van der Waals surface area contributed by atoms with E-state index >= 15 is 0 Å². The summed E-state index contributed by atoms with van der Waals surface area (Å²) in [6, 6.07) is 16.6. The predicted molar refractivity (Wildman–Crippen MR) is 150 cm³/mol. The van der Waals surface area contributed by atoms with Gasteiger partial charge >= 0.3 is 0 Å². The van der Waals surface area contributed by atoms with Gasteiger partial charge in [0.1, 0.15) is 21.7 Å². The van der Waals surface area contributed by atoms with Crippen molar-refractivity contribution in [2.24, 2.45) is 0 Å². The van der Waals surface area contributed by atoms with E-state index in [0.29, 0.717) is 32.7 Å². The van der Waals surface area contributed by atoms with Crippen LogP contribution in [-0.2, 0) is 0 Å². The molecule has 36 heavy (non-hydrogen) atoms. The molecule has 7 nitrogen and oxygen atoms in total. The highest BCUT2D eigenvalue weighted by atomic mass is 35.5. The Hall–Kier alpha value is -3.24. The van der Waals surface area contributed by atoms with Gasteiger partial charge in [0.2, 0.25) is 0 Å². The zero-order valence-corrected chi connectivity index (χ0v) is 22.3. The fraction of sp³-hybridized carbons (Fsp3) is 0.120. The third-order valence-electron chi connectivity index (χ3n) is 5.38. The second-order valence-corrected chi connectivity index (χ2v) is 10.1. The Morgan fingerprint density at radius 2 is 1.81 bits per heavy atom. The van der Waals surface area contributed by atoms with Crippen molar-refractivity contribution in [2.45, 2.75) is 13.8 Å². The van der Waals surface area contributed by atoms with E-state index in [1.807, 2.05) is 50.2 Å². The standard InChI is InChI=1S/C25H19Cl2N5O2S2/c1-3-34-16-7-5-15(6-8-16)32-30-19-10-13(2)18(12-20(19)31-32)28-25(35)29-24(33)23-22(27)17-9-4-14(26)11-21(17)36-23/h4-12H,3H2,1-2H3,(H2,28,29,33,35). The van der Waals surface area contributed by atoms with Crippen LogP contribution in [-0.4, -0.2) is 32.6 Å². The number of aryl methyl sites for hydroxylation is 1. The Balaban J connectivity index is 1.33. The van der Waals surface area contributed by atoms with Gasteiger partial charge < -0.3 is 10.1 Å². The van der Waals surface area contributed by atoms with Crippen molar-refractivity contribution in [1.29, 1.82) is 0 Å². The van der Waals surface area contributed by atoms with Crippen LogP contribution in [0.15, 0.2) is 54.6 Å².